The summed E-state index contributed by atoms with van der Waals surface area (Å²) in [5.41, 5.74) is 8.26. The zero-order chi connectivity index (χ0) is 25.6. The third kappa shape index (κ3) is 4.78. The first-order chi connectivity index (χ1) is 17.2. The SMILES string of the molecule is Cc1cc(C)cc(OCn2ccc(C(=O)Nc3c(C(N)=O)sc4nc(C(F)F)cc(C5CC5)c34)n2)c1. The quantitative estimate of drug-likeness (QED) is 0.333. The minimum Gasteiger partial charge on any atom is -0.471 e. The standard InChI is InChI=1S/C25H23F2N5O3S/c1-12-7-13(2)9-15(8-12)35-11-32-6-5-17(31-32)24(34)30-20-19-16(14-3-4-14)10-18(22(26)27)29-25(19)36-21(20)23(28)33/h5-10,14,22H,3-4,11H2,1-2H3,(H2,28,33)(H,30,34). The largest absolute Gasteiger partial charge is 0.471 e. The zero-order valence-corrected chi connectivity index (χ0v) is 20.4. The van der Waals surface area contributed by atoms with Crippen molar-refractivity contribution in [2.45, 2.75) is 45.8 Å². The molecule has 0 aliphatic heterocycles. The molecule has 3 N–H and O–H groups in total. The van der Waals surface area contributed by atoms with Gasteiger partial charge in [-0.3, -0.25) is 9.59 Å². The number of pyridine rings is 1. The molecule has 186 valence electrons. The Hall–Kier alpha value is -3.86. The van der Waals surface area contributed by atoms with Crippen molar-refractivity contribution < 1.29 is 23.1 Å². The van der Waals surface area contributed by atoms with Crippen LogP contribution in [0.2, 0.25) is 0 Å². The number of fused-ring (bicyclic) bond motifs is 1. The van der Waals surface area contributed by atoms with E-state index in [1.54, 1.807) is 6.20 Å². The molecule has 2 amide bonds. The average Bonchev–Trinajstić information content (AvgIpc) is 3.43. The number of carbonyl (C=O) groups excluding carboxylic acids is 2. The summed E-state index contributed by atoms with van der Waals surface area (Å²) in [6, 6.07) is 8.73. The highest BCUT2D eigenvalue weighted by Gasteiger charge is 2.32. The number of hydrogen-bond acceptors (Lipinski definition) is 6. The van der Waals surface area contributed by atoms with E-state index in [2.05, 4.69) is 15.4 Å². The monoisotopic (exact) mass is 511 g/mol. The molecule has 8 nitrogen and oxygen atoms in total. The molecule has 1 aromatic carbocycles. The van der Waals surface area contributed by atoms with Gasteiger partial charge in [0.15, 0.2) is 12.4 Å². The summed E-state index contributed by atoms with van der Waals surface area (Å²) in [6.45, 7) is 4.04. The summed E-state index contributed by atoms with van der Waals surface area (Å²) in [4.78, 5) is 29.6. The van der Waals surface area contributed by atoms with Gasteiger partial charge >= 0.3 is 0 Å². The summed E-state index contributed by atoms with van der Waals surface area (Å²) in [5.74, 6) is -0.586. The minimum absolute atomic E-state index is 0.0525. The Kier molecular flexibility index (Phi) is 6.17. The van der Waals surface area contributed by atoms with Crippen molar-refractivity contribution in [3.8, 4) is 5.75 Å². The molecule has 1 fully saturated rings. The number of anilines is 1. The summed E-state index contributed by atoms with van der Waals surface area (Å²) in [5, 5.41) is 7.47. The van der Waals surface area contributed by atoms with E-state index in [9.17, 15) is 18.4 Å². The summed E-state index contributed by atoms with van der Waals surface area (Å²) < 4.78 is 34.1. The predicted octanol–water partition coefficient (Wildman–Crippen LogP) is 5.31. The molecule has 0 radical (unpaired) electrons. The van der Waals surface area contributed by atoms with Crippen molar-refractivity contribution in [1.82, 2.24) is 14.8 Å². The Morgan fingerprint density at radius 3 is 2.58 bits per heavy atom. The molecule has 1 saturated carbocycles. The number of nitrogens with one attached hydrogen (secondary N) is 1. The number of hydrogen-bond donors (Lipinski definition) is 2. The molecular formula is C25H23F2N5O3S. The second kappa shape index (κ2) is 9.30. The highest BCUT2D eigenvalue weighted by atomic mass is 32.1. The summed E-state index contributed by atoms with van der Waals surface area (Å²) >= 11 is 0.894. The molecule has 0 unspecified atom stereocenters. The van der Waals surface area contributed by atoms with Crippen LogP contribution in [0.25, 0.3) is 10.2 Å². The molecule has 1 aliphatic carbocycles. The van der Waals surface area contributed by atoms with Crippen molar-refractivity contribution in [2.75, 3.05) is 5.32 Å². The first-order valence-corrected chi connectivity index (χ1v) is 12.1. The Balaban J connectivity index is 1.41. The number of halogens is 2. The number of nitrogens with two attached hydrogens (primary N) is 1. The molecular weight excluding hydrogens is 488 g/mol. The Bertz CT molecular complexity index is 1470. The number of thiophene rings is 1. The van der Waals surface area contributed by atoms with Crippen LogP contribution in [0.3, 0.4) is 0 Å². The van der Waals surface area contributed by atoms with Gasteiger partial charge in [-0.15, -0.1) is 11.3 Å². The number of nitrogens with zero attached hydrogens (tertiary/aromatic N) is 3. The minimum atomic E-state index is -2.75. The topological polar surface area (TPSA) is 112 Å². The number of ether oxygens (including phenoxy) is 1. The zero-order valence-electron chi connectivity index (χ0n) is 19.5. The fraction of sp³-hybridized carbons (Fsp3) is 0.280. The number of aromatic nitrogens is 3. The van der Waals surface area contributed by atoms with Crippen molar-refractivity contribution in [3.63, 3.8) is 0 Å². The summed E-state index contributed by atoms with van der Waals surface area (Å²) in [6.07, 6.45) is 0.521. The van der Waals surface area contributed by atoms with Crippen molar-refractivity contribution in [2.24, 2.45) is 5.73 Å². The molecule has 36 heavy (non-hydrogen) atoms. The molecule has 4 aromatic rings. The van der Waals surface area contributed by atoms with Crippen LogP contribution >= 0.6 is 11.3 Å². The van der Waals surface area contributed by atoms with Crippen molar-refractivity contribution in [3.05, 3.63) is 69.5 Å². The van der Waals surface area contributed by atoms with Crippen LogP contribution in [0.4, 0.5) is 14.5 Å². The van der Waals surface area contributed by atoms with Gasteiger partial charge < -0.3 is 15.8 Å². The third-order valence-corrected chi connectivity index (χ3v) is 6.95. The normalized spacial score (nSPS) is 13.4. The van der Waals surface area contributed by atoms with Gasteiger partial charge in [0.05, 0.1) is 5.69 Å². The number of primary amides is 1. The average molecular weight is 512 g/mol. The maximum absolute atomic E-state index is 13.4. The lowest BCUT2D eigenvalue weighted by Gasteiger charge is -2.10. The Labute approximate surface area is 209 Å². The van der Waals surface area contributed by atoms with E-state index in [-0.39, 0.29) is 39.4 Å². The molecule has 5 rings (SSSR count). The molecule has 3 heterocycles. The van der Waals surface area contributed by atoms with Gasteiger partial charge in [0, 0.05) is 11.6 Å². The fourth-order valence-corrected chi connectivity index (χ4v) is 5.18. The second-order valence-corrected chi connectivity index (χ2v) is 9.85. The first kappa shape index (κ1) is 23.9. The van der Waals surface area contributed by atoms with Crippen LogP contribution in [0.5, 0.6) is 5.75 Å². The lowest BCUT2D eigenvalue weighted by molar-refractivity contribution is 0.100. The highest BCUT2D eigenvalue weighted by molar-refractivity contribution is 7.21. The van der Waals surface area contributed by atoms with E-state index in [1.807, 2.05) is 32.0 Å². The van der Waals surface area contributed by atoms with Crippen LogP contribution in [0, 0.1) is 13.8 Å². The second-order valence-electron chi connectivity index (χ2n) is 8.85. The number of aryl methyl sites for hydroxylation is 2. The fourth-order valence-electron chi connectivity index (χ4n) is 4.16. The van der Waals surface area contributed by atoms with Gasteiger partial charge in [-0.05, 0) is 73.6 Å². The Morgan fingerprint density at radius 2 is 1.94 bits per heavy atom. The van der Waals surface area contributed by atoms with Crippen molar-refractivity contribution >= 4 is 39.1 Å². The van der Waals surface area contributed by atoms with Crippen molar-refractivity contribution in [1.29, 1.82) is 0 Å². The maximum atomic E-state index is 13.4. The van der Waals surface area contributed by atoms with E-state index in [0.717, 1.165) is 35.3 Å². The smallest absolute Gasteiger partial charge is 0.280 e. The van der Waals surface area contributed by atoms with Gasteiger partial charge in [0.1, 0.15) is 21.2 Å². The number of rotatable bonds is 8. The first-order valence-electron chi connectivity index (χ1n) is 11.3. The van der Waals surface area contributed by atoms with Crippen LogP contribution < -0.4 is 15.8 Å². The molecule has 0 spiro atoms. The van der Waals surface area contributed by atoms with Crippen LogP contribution in [0.1, 0.15) is 67.7 Å². The molecule has 0 bridgehead atoms. The van der Waals surface area contributed by atoms with Gasteiger partial charge in [-0.25, -0.2) is 18.4 Å². The highest BCUT2D eigenvalue weighted by Crippen LogP contribution is 2.48. The molecule has 11 heteroatoms. The third-order valence-electron chi connectivity index (χ3n) is 5.85. The van der Waals surface area contributed by atoms with Gasteiger partial charge in [0.2, 0.25) is 0 Å². The van der Waals surface area contributed by atoms with E-state index < -0.39 is 18.2 Å². The number of benzene rings is 1. The lowest BCUT2D eigenvalue weighted by atomic mass is 10.0. The van der Waals surface area contributed by atoms with Gasteiger partial charge in [-0.2, -0.15) is 5.10 Å². The molecule has 3 aromatic heterocycles. The summed E-state index contributed by atoms with van der Waals surface area (Å²) in [7, 11) is 0. The predicted molar refractivity (Wildman–Crippen MR) is 132 cm³/mol. The Morgan fingerprint density at radius 1 is 1.22 bits per heavy atom. The van der Waals surface area contributed by atoms with Crippen LogP contribution in [-0.2, 0) is 6.73 Å². The van der Waals surface area contributed by atoms with Gasteiger partial charge in [-0.1, -0.05) is 6.07 Å². The van der Waals surface area contributed by atoms with E-state index in [4.69, 9.17) is 10.5 Å². The number of amides is 2. The molecule has 0 saturated heterocycles. The van der Waals surface area contributed by atoms with Crippen LogP contribution in [0.15, 0.2) is 36.5 Å². The van der Waals surface area contributed by atoms with E-state index >= 15 is 0 Å². The number of alkyl halides is 2. The van der Waals surface area contributed by atoms with E-state index in [0.29, 0.717) is 16.7 Å². The maximum Gasteiger partial charge on any atom is 0.280 e. The molecule has 0 atom stereocenters. The number of carbonyl (C=O) groups is 2. The van der Waals surface area contributed by atoms with E-state index in [1.165, 1.54) is 16.8 Å². The lowest BCUT2D eigenvalue weighted by Crippen LogP contribution is -2.18. The molecule has 1 aliphatic rings. The van der Waals surface area contributed by atoms with Crippen LogP contribution in [-0.4, -0.2) is 26.6 Å². The van der Waals surface area contributed by atoms with Gasteiger partial charge in [0.25, 0.3) is 18.2 Å².